The van der Waals surface area contributed by atoms with E-state index in [1.165, 1.54) is 11.1 Å². The van der Waals surface area contributed by atoms with E-state index in [1.54, 1.807) is 13.0 Å². The van der Waals surface area contributed by atoms with Crippen molar-refractivity contribution in [2.45, 2.75) is 63.4 Å². The van der Waals surface area contributed by atoms with Crippen molar-refractivity contribution < 1.29 is 28.0 Å². The molecular formula is C39H49ClN4O6S. The van der Waals surface area contributed by atoms with Crippen molar-refractivity contribution >= 4 is 39.0 Å². The molecule has 2 amide bonds. The van der Waals surface area contributed by atoms with Gasteiger partial charge in [-0.25, -0.2) is 4.21 Å². The molecule has 0 radical (unpaired) electrons. The highest BCUT2D eigenvalue weighted by Crippen LogP contribution is 2.81. The van der Waals surface area contributed by atoms with Gasteiger partial charge in [0.25, 0.3) is 5.91 Å². The lowest BCUT2D eigenvalue weighted by Gasteiger charge is -2.41. The first kappa shape index (κ1) is 35.1. The molecule has 2 spiro atoms. The molecule has 8 rings (SSSR count). The number of halogens is 1. The molecule has 0 aromatic heterocycles. The zero-order chi connectivity index (χ0) is 35.2. The van der Waals surface area contributed by atoms with Crippen LogP contribution in [0.25, 0.3) is 0 Å². The Kier molecular flexibility index (Phi) is 9.71. The molecule has 1 saturated heterocycles. The molecule has 2 saturated carbocycles. The smallest absolute Gasteiger partial charge is 0.286 e. The Bertz CT molecular complexity index is 1840. The van der Waals surface area contributed by atoms with Crippen molar-refractivity contribution in [3.05, 3.63) is 70.3 Å². The molecule has 3 aliphatic heterocycles. The number of anilines is 1. The fourth-order valence-electron chi connectivity index (χ4n) is 9.09. The molecule has 6 atom stereocenters. The molecule has 3 heterocycles. The number of hydrogen-bond acceptors (Lipinski definition) is 8. The Morgan fingerprint density at radius 2 is 2.02 bits per heavy atom. The fourth-order valence-corrected chi connectivity index (χ4v) is 11.0. The number of fused-ring (bicyclic) bond motifs is 4. The topological polar surface area (TPSA) is 110 Å². The van der Waals surface area contributed by atoms with Crippen LogP contribution in [-0.4, -0.2) is 91.9 Å². The van der Waals surface area contributed by atoms with E-state index < -0.39 is 21.7 Å². The maximum Gasteiger partial charge on any atom is 0.286 e. The molecule has 1 N–H and O–H groups in total. The summed E-state index contributed by atoms with van der Waals surface area (Å²) in [7, 11) is -3.33. The van der Waals surface area contributed by atoms with Gasteiger partial charge in [0.2, 0.25) is 5.91 Å². The molecule has 274 valence electrons. The van der Waals surface area contributed by atoms with Crippen molar-refractivity contribution in [3.8, 4) is 5.75 Å². The lowest BCUT2D eigenvalue weighted by Crippen LogP contribution is -2.47. The first-order valence-corrected chi connectivity index (χ1v) is 20.8. The molecule has 10 nitrogen and oxygen atoms in total. The van der Waals surface area contributed by atoms with E-state index in [0.29, 0.717) is 43.5 Å². The highest BCUT2D eigenvalue weighted by molar-refractivity contribution is 7.92. The molecule has 2 bridgehead atoms. The van der Waals surface area contributed by atoms with Crippen molar-refractivity contribution in [1.29, 1.82) is 0 Å². The zero-order valence-corrected chi connectivity index (χ0v) is 31.0. The van der Waals surface area contributed by atoms with Crippen LogP contribution >= 0.6 is 11.6 Å². The molecule has 51 heavy (non-hydrogen) atoms. The van der Waals surface area contributed by atoms with Gasteiger partial charge >= 0.3 is 0 Å². The van der Waals surface area contributed by atoms with E-state index in [4.69, 9.17) is 25.8 Å². The highest BCUT2D eigenvalue weighted by Gasteiger charge is 2.80. The van der Waals surface area contributed by atoms with Crippen LogP contribution in [0.2, 0.25) is 5.02 Å². The fraction of sp³-hybridized carbons (Fsp3) is 0.590. The third-order valence-electron chi connectivity index (χ3n) is 12.1. The number of carbonyl (C=O) groups excluding carboxylic acids is 2. The van der Waals surface area contributed by atoms with Crippen molar-refractivity contribution in [3.63, 3.8) is 0 Å². The predicted molar refractivity (Wildman–Crippen MR) is 198 cm³/mol. The normalized spacial score (nSPS) is 33.8. The Balaban J connectivity index is 1.15. The minimum Gasteiger partial charge on any atom is -0.490 e. The van der Waals surface area contributed by atoms with Gasteiger partial charge in [-0.2, -0.15) is 0 Å². The van der Waals surface area contributed by atoms with Crippen molar-refractivity contribution in [2.24, 2.45) is 21.6 Å². The molecule has 6 aliphatic rings. The summed E-state index contributed by atoms with van der Waals surface area (Å²) in [6.45, 7) is 8.70. The van der Waals surface area contributed by atoms with Crippen LogP contribution < -0.4 is 14.4 Å². The summed E-state index contributed by atoms with van der Waals surface area (Å²) >= 11 is 6.48. The number of benzene rings is 2. The number of aryl methyl sites for hydroxylation is 1. The molecule has 2 aromatic rings. The van der Waals surface area contributed by atoms with Gasteiger partial charge in [-0.15, -0.1) is 4.36 Å². The quantitative estimate of drug-likeness (QED) is 0.384. The summed E-state index contributed by atoms with van der Waals surface area (Å²) in [6, 6.07) is 11.7. The van der Waals surface area contributed by atoms with Crippen LogP contribution in [0.5, 0.6) is 5.75 Å². The zero-order valence-electron chi connectivity index (χ0n) is 29.4. The average Bonchev–Trinajstić information content (AvgIpc) is 4.01. The largest absolute Gasteiger partial charge is 0.490 e. The third-order valence-corrected chi connectivity index (χ3v) is 14.1. The minimum absolute atomic E-state index is 0.0198. The van der Waals surface area contributed by atoms with Crippen LogP contribution in [0.4, 0.5) is 5.69 Å². The van der Waals surface area contributed by atoms with Crippen LogP contribution in [0, 0.1) is 17.3 Å². The van der Waals surface area contributed by atoms with E-state index in [2.05, 4.69) is 43.2 Å². The van der Waals surface area contributed by atoms with Crippen molar-refractivity contribution in [2.75, 3.05) is 69.8 Å². The molecule has 3 aliphatic carbocycles. The van der Waals surface area contributed by atoms with Gasteiger partial charge in [-0.05, 0) is 97.2 Å². The molecule has 2 aromatic carbocycles. The van der Waals surface area contributed by atoms with Crippen LogP contribution in [0.1, 0.15) is 66.9 Å². The van der Waals surface area contributed by atoms with Crippen LogP contribution in [0.15, 0.2) is 52.9 Å². The maximum atomic E-state index is 14.0. The second-order valence-electron chi connectivity index (χ2n) is 15.3. The first-order chi connectivity index (χ1) is 24.7. The summed E-state index contributed by atoms with van der Waals surface area (Å²) in [6.07, 6.45) is 9.80. The van der Waals surface area contributed by atoms with Gasteiger partial charge in [0.15, 0.2) is 0 Å². The number of carbonyl (C=O) groups is 2. The molecule has 12 heteroatoms. The molecule has 3 fully saturated rings. The summed E-state index contributed by atoms with van der Waals surface area (Å²) in [5.41, 5.74) is 3.65. The summed E-state index contributed by atoms with van der Waals surface area (Å²) in [5.74, 6) is 0.803. The van der Waals surface area contributed by atoms with Gasteiger partial charge in [-0.1, -0.05) is 36.7 Å². The second-order valence-corrected chi connectivity index (χ2v) is 17.8. The van der Waals surface area contributed by atoms with E-state index in [1.807, 2.05) is 18.2 Å². The number of ether oxygens (including phenoxy) is 3. The van der Waals surface area contributed by atoms with Gasteiger partial charge in [-0.3, -0.25) is 19.2 Å². The second kappa shape index (κ2) is 14.1. The standard InChI is InChI=1S/C39H49ClN4O6S/c1-2-35(45)41-51(47)20-5-3-4-8-34(49-19-16-43-14-17-48-18-15-43)36-31-23-39(31,36)25-44-24-38(13-6-7-27-21-29(40)10-11-30(27)38)26-50-33-12-9-28(22-32(33)44)37(46)42-51/h4,8-12,21-22,31,34,36H,2-3,5-7,13-20,23-26H2,1H3,(H,41,42,45,46,47)/b8-4+/t31?,34-,36-,38-,39-,51-/m0/s1. The van der Waals surface area contributed by atoms with Gasteiger partial charge < -0.3 is 19.1 Å². The van der Waals surface area contributed by atoms with E-state index in [-0.39, 0.29) is 29.1 Å². The maximum absolute atomic E-state index is 14.0. The van der Waals surface area contributed by atoms with Gasteiger partial charge in [0, 0.05) is 55.1 Å². The van der Waals surface area contributed by atoms with Gasteiger partial charge in [0.05, 0.1) is 44.0 Å². The van der Waals surface area contributed by atoms with E-state index >= 15 is 0 Å². The number of morpholine rings is 1. The molecule has 1 unspecified atom stereocenters. The van der Waals surface area contributed by atoms with Crippen LogP contribution in [-0.2, 0) is 36.0 Å². The number of nitrogens with one attached hydrogen (secondary N) is 1. The Morgan fingerprint density at radius 1 is 1.16 bits per heavy atom. The summed E-state index contributed by atoms with van der Waals surface area (Å²) < 4.78 is 39.7. The summed E-state index contributed by atoms with van der Waals surface area (Å²) in [5, 5.41) is 0.750. The number of hydrogen-bond donors (Lipinski definition) is 1. The van der Waals surface area contributed by atoms with Crippen molar-refractivity contribution in [1.82, 2.24) is 9.62 Å². The Morgan fingerprint density at radius 3 is 2.84 bits per heavy atom. The number of nitrogens with zero attached hydrogens (tertiary/aromatic N) is 3. The predicted octanol–water partition coefficient (Wildman–Crippen LogP) is 5.57. The monoisotopic (exact) mass is 736 g/mol. The summed E-state index contributed by atoms with van der Waals surface area (Å²) in [4.78, 5) is 31.1. The van der Waals surface area contributed by atoms with Gasteiger partial charge in [0.1, 0.15) is 15.7 Å². The molecular weight excluding hydrogens is 688 g/mol. The lowest BCUT2D eigenvalue weighted by molar-refractivity contribution is -0.118. The Labute approximate surface area is 306 Å². The number of rotatable bonds is 6. The lowest BCUT2D eigenvalue weighted by atomic mass is 9.70. The third kappa shape index (κ3) is 7.09. The number of amides is 2. The highest BCUT2D eigenvalue weighted by atomic mass is 35.5. The average molecular weight is 737 g/mol. The van der Waals surface area contributed by atoms with E-state index in [9.17, 15) is 13.8 Å². The first-order valence-electron chi connectivity index (χ1n) is 18.7. The SMILES string of the molecule is CCC(=O)N[S@]1(=O)=NC(=O)c2ccc3c(c2)N(C[C@@]2(CCCc4cc(Cl)ccc42)CO3)C[C@@]23CC2[C@H]3[C@@H](OCCN2CCOCC2)/C=C/CCC1. The van der Waals surface area contributed by atoms with Crippen LogP contribution in [0.3, 0.4) is 0 Å². The minimum atomic E-state index is -3.33. The Hall–Kier alpha value is -2.96. The van der Waals surface area contributed by atoms with E-state index in [0.717, 1.165) is 88.1 Å². The number of allylic oxidation sites excluding steroid dienone is 1.